The molecule has 5 heteroatoms. The van der Waals surface area contributed by atoms with Gasteiger partial charge in [0.1, 0.15) is 18.1 Å². The summed E-state index contributed by atoms with van der Waals surface area (Å²) in [6.45, 7) is 2.00. The Hall–Kier alpha value is -0.780. The topological polar surface area (TPSA) is 50.7 Å². The van der Waals surface area contributed by atoms with Crippen LogP contribution >= 0.6 is 15.9 Å². The molecule has 0 bridgehead atoms. The second-order valence-corrected chi connectivity index (χ2v) is 3.97. The number of halogens is 1. The summed E-state index contributed by atoms with van der Waals surface area (Å²) in [6, 6.07) is 5.59. The van der Waals surface area contributed by atoms with Gasteiger partial charge in [-0.1, -0.05) is 0 Å². The predicted molar refractivity (Wildman–Crippen MR) is 66.1 cm³/mol. The molecule has 0 saturated heterocycles. The highest BCUT2D eigenvalue weighted by Gasteiger charge is 2.01. The number of benzene rings is 1. The lowest BCUT2D eigenvalue weighted by atomic mass is 10.3. The maximum Gasteiger partial charge on any atom is 0.136 e. The Labute approximate surface area is 104 Å². The lowest BCUT2D eigenvalue weighted by Gasteiger charge is -2.09. The minimum Gasteiger partial charge on any atom is -0.495 e. The highest BCUT2D eigenvalue weighted by atomic mass is 79.9. The molecule has 0 fully saturated rings. The third-order valence-corrected chi connectivity index (χ3v) is 2.61. The SMILES string of the molecule is COc1cc(OCCNCCO)ccc1Br. The van der Waals surface area contributed by atoms with E-state index in [1.54, 1.807) is 7.11 Å². The van der Waals surface area contributed by atoms with Crippen LogP contribution in [-0.4, -0.2) is 38.5 Å². The number of rotatable bonds is 7. The van der Waals surface area contributed by atoms with Crippen molar-refractivity contribution in [3.05, 3.63) is 22.7 Å². The first-order chi connectivity index (χ1) is 7.77. The molecule has 0 spiro atoms. The molecule has 2 N–H and O–H groups in total. The summed E-state index contributed by atoms with van der Waals surface area (Å²) in [5.41, 5.74) is 0. The third-order valence-electron chi connectivity index (χ3n) is 1.96. The molecular formula is C11H16BrNO3. The Morgan fingerprint density at radius 2 is 2.19 bits per heavy atom. The molecule has 0 amide bonds. The molecule has 1 aromatic rings. The van der Waals surface area contributed by atoms with Crippen LogP contribution in [0.2, 0.25) is 0 Å². The van der Waals surface area contributed by atoms with Crippen molar-refractivity contribution in [2.45, 2.75) is 0 Å². The van der Waals surface area contributed by atoms with E-state index in [0.29, 0.717) is 19.7 Å². The predicted octanol–water partition coefficient (Wildman–Crippen LogP) is 1.42. The highest BCUT2D eigenvalue weighted by Crippen LogP contribution is 2.28. The van der Waals surface area contributed by atoms with Crippen molar-refractivity contribution in [1.29, 1.82) is 0 Å². The van der Waals surface area contributed by atoms with Crippen LogP contribution in [0.5, 0.6) is 11.5 Å². The van der Waals surface area contributed by atoms with Gasteiger partial charge in [0.05, 0.1) is 18.2 Å². The summed E-state index contributed by atoms with van der Waals surface area (Å²) in [7, 11) is 1.62. The van der Waals surface area contributed by atoms with Gasteiger partial charge in [0.25, 0.3) is 0 Å². The Morgan fingerprint density at radius 3 is 2.88 bits per heavy atom. The van der Waals surface area contributed by atoms with E-state index in [9.17, 15) is 0 Å². The normalized spacial score (nSPS) is 10.2. The number of nitrogens with one attached hydrogen (secondary N) is 1. The number of hydrogen-bond acceptors (Lipinski definition) is 4. The zero-order valence-electron chi connectivity index (χ0n) is 9.20. The molecule has 0 aromatic heterocycles. The zero-order chi connectivity index (χ0) is 11.8. The van der Waals surface area contributed by atoms with Gasteiger partial charge in [-0.05, 0) is 28.1 Å². The van der Waals surface area contributed by atoms with Crippen molar-refractivity contribution in [2.75, 3.05) is 33.4 Å². The fourth-order valence-electron chi connectivity index (χ4n) is 1.18. The maximum atomic E-state index is 8.56. The van der Waals surface area contributed by atoms with Crippen molar-refractivity contribution in [3.8, 4) is 11.5 Å². The van der Waals surface area contributed by atoms with Crippen LogP contribution in [0.4, 0.5) is 0 Å². The average Bonchev–Trinajstić information content (AvgIpc) is 2.31. The lowest BCUT2D eigenvalue weighted by Crippen LogP contribution is -2.23. The lowest BCUT2D eigenvalue weighted by molar-refractivity contribution is 0.275. The van der Waals surface area contributed by atoms with E-state index in [-0.39, 0.29) is 6.61 Å². The maximum absolute atomic E-state index is 8.56. The van der Waals surface area contributed by atoms with E-state index in [1.807, 2.05) is 18.2 Å². The van der Waals surface area contributed by atoms with E-state index < -0.39 is 0 Å². The second-order valence-electron chi connectivity index (χ2n) is 3.12. The van der Waals surface area contributed by atoms with Gasteiger partial charge in [-0.15, -0.1) is 0 Å². The van der Waals surface area contributed by atoms with Crippen molar-refractivity contribution >= 4 is 15.9 Å². The minimum atomic E-state index is 0.145. The van der Waals surface area contributed by atoms with Gasteiger partial charge in [-0.25, -0.2) is 0 Å². The molecule has 0 heterocycles. The number of aliphatic hydroxyl groups is 1. The van der Waals surface area contributed by atoms with Crippen molar-refractivity contribution in [1.82, 2.24) is 5.32 Å². The van der Waals surface area contributed by atoms with Crippen LogP contribution < -0.4 is 14.8 Å². The van der Waals surface area contributed by atoms with Crippen molar-refractivity contribution < 1.29 is 14.6 Å². The molecule has 0 radical (unpaired) electrons. The van der Waals surface area contributed by atoms with E-state index >= 15 is 0 Å². The fraction of sp³-hybridized carbons (Fsp3) is 0.455. The molecule has 0 atom stereocenters. The Balaban J connectivity index is 2.36. The summed E-state index contributed by atoms with van der Waals surface area (Å²) in [5.74, 6) is 1.52. The molecule has 0 aliphatic heterocycles. The summed E-state index contributed by atoms with van der Waals surface area (Å²) >= 11 is 3.37. The van der Waals surface area contributed by atoms with E-state index in [0.717, 1.165) is 16.0 Å². The Bertz CT molecular complexity index is 320. The van der Waals surface area contributed by atoms with Gasteiger partial charge in [-0.3, -0.25) is 0 Å². The molecule has 0 aliphatic carbocycles. The number of ether oxygens (including phenoxy) is 2. The largest absolute Gasteiger partial charge is 0.495 e. The first-order valence-electron chi connectivity index (χ1n) is 5.06. The highest BCUT2D eigenvalue weighted by molar-refractivity contribution is 9.10. The van der Waals surface area contributed by atoms with Gasteiger partial charge < -0.3 is 19.9 Å². The van der Waals surface area contributed by atoms with Crippen LogP contribution in [0, 0.1) is 0 Å². The molecule has 1 aromatic carbocycles. The van der Waals surface area contributed by atoms with Crippen LogP contribution in [0.1, 0.15) is 0 Å². The summed E-state index contributed by atoms with van der Waals surface area (Å²) < 4.78 is 11.6. The summed E-state index contributed by atoms with van der Waals surface area (Å²) in [5, 5.41) is 11.6. The van der Waals surface area contributed by atoms with Gasteiger partial charge in [-0.2, -0.15) is 0 Å². The Kier molecular flexibility index (Phi) is 6.22. The summed E-state index contributed by atoms with van der Waals surface area (Å²) in [6.07, 6.45) is 0. The number of aliphatic hydroxyl groups excluding tert-OH is 1. The van der Waals surface area contributed by atoms with Crippen LogP contribution in [0.15, 0.2) is 22.7 Å². The van der Waals surface area contributed by atoms with Crippen LogP contribution in [-0.2, 0) is 0 Å². The molecule has 16 heavy (non-hydrogen) atoms. The monoisotopic (exact) mass is 289 g/mol. The molecule has 4 nitrogen and oxygen atoms in total. The van der Waals surface area contributed by atoms with Crippen LogP contribution in [0.3, 0.4) is 0 Å². The van der Waals surface area contributed by atoms with E-state index in [1.165, 1.54) is 0 Å². The average molecular weight is 290 g/mol. The van der Waals surface area contributed by atoms with Gasteiger partial charge in [0, 0.05) is 19.2 Å². The van der Waals surface area contributed by atoms with Gasteiger partial charge in [0.15, 0.2) is 0 Å². The van der Waals surface area contributed by atoms with Crippen molar-refractivity contribution in [2.24, 2.45) is 0 Å². The molecule has 0 aliphatic rings. The zero-order valence-corrected chi connectivity index (χ0v) is 10.8. The second kappa shape index (κ2) is 7.49. The minimum absolute atomic E-state index is 0.145. The molecule has 90 valence electrons. The summed E-state index contributed by atoms with van der Waals surface area (Å²) in [4.78, 5) is 0. The number of methoxy groups -OCH3 is 1. The molecular weight excluding hydrogens is 274 g/mol. The Morgan fingerprint density at radius 1 is 1.38 bits per heavy atom. The van der Waals surface area contributed by atoms with E-state index in [4.69, 9.17) is 14.6 Å². The molecule has 0 unspecified atom stereocenters. The van der Waals surface area contributed by atoms with Gasteiger partial charge >= 0.3 is 0 Å². The smallest absolute Gasteiger partial charge is 0.136 e. The first-order valence-corrected chi connectivity index (χ1v) is 5.85. The quantitative estimate of drug-likeness (QED) is 0.746. The van der Waals surface area contributed by atoms with E-state index in [2.05, 4.69) is 21.2 Å². The standard InChI is InChI=1S/C11H16BrNO3/c1-15-11-8-9(2-3-10(11)12)16-7-5-13-4-6-14/h2-3,8,13-14H,4-7H2,1H3. The van der Waals surface area contributed by atoms with Crippen molar-refractivity contribution in [3.63, 3.8) is 0 Å². The molecule has 1 rings (SSSR count). The molecule has 0 saturated carbocycles. The first kappa shape index (κ1) is 13.3. The number of hydrogen-bond donors (Lipinski definition) is 2. The fourth-order valence-corrected chi connectivity index (χ4v) is 1.58. The van der Waals surface area contributed by atoms with Gasteiger partial charge in [0.2, 0.25) is 0 Å². The van der Waals surface area contributed by atoms with Crippen LogP contribution in [0.25, 0.3) is 0 Å². The third kappa shape index (κ3) is 4.38.